The van der Waals surface area contributed by atoms with Gasteiger partial charge in [-0.15, -0.1) is 0 Å². The summed E-state index contributed by atoms with van der Waals surface area (Å²) >= 11 is 4.78. The highest BCUT2D eigenvalue weighted by Gasteiger charge is 2.01. The maximum atomic E-state index is 5.42. The lowest BCUT2D eigenvalue weighted by Gasteiger charge is -2.04. The van der Waals surface area contributed by atoms with Gasteiger partial charge in [0.15, 0.2) is 0 Å². The number of nitrogens with zero attached hydrogens (tertiary/aromatic N) is 2. The molecular formula is C9H13N3O2S. The van der Waals surface area contributed by atoms with Gasteiger partial charge in [-0.05, 0) is 13.0 Å². The average Bonchev–Trinajstić information content (AvgIpc) is 2.25. The molecule has 1 aromatic heterocycles. The van der Waals surface area contributed by atoms with Crippen LogP contribution in [0, 0.1) is 0 Å². The van der Waals surface area contributed by atoms with E-state index in [0.717, 1.165) is 0 Å². The fourth-order valence-corrected chi connectivity index (χ4v) is 0.997. The van der Waals surface area contributed by atoms with E-state index in [4.69, 9.17) is 27.4 Å². The Hall–Kier alpha value is -1.27. The van der Waals surface area contributed by atoms with Crippen LogP contribution in [0.3, 0.4) is 0 Å². The Balaban J connectivity index is 2.47. The van der Waals surface area contributed by atoms with Gasteiger partial charge in [0.05, 0.1) is 6.61 Å². The molecule has 15 heavy (non-hydrogen) atoms. The third kappa shape index (κ3) is 4.18. The normalized spacial score (nSPS) is 9.93. The summed E-state index contributed by atoms with van der Waals surface area (Å²) in [5.74, 6) is 0. The van der Waals surface area contributed by atoms with Gasteiger partial charge in [-0.2, -0.15) is 4.98 Å². The summed E-state index contributed by atoms with van der Waals surface area (Å²) in [4.78, 5) is 8.16. The summed E-state index contributed by atoms with van der Waals surface area (Å²) in [5, 5.41) is 0. The van der Waals surface area contributed by atoms with E-state index in [1.807, 2.05) is 6.92 Å². The van der Waals surface area contributed by atoms with Crippen molar-refractivity contribution in [1.29, 1.82) is 0 Å². The quantitative estimate of drug-likeness (QED) is 0.564. The van der Waals surface area contributed by atoms with E-state index in [0.29, 0.717) is 25.5 Å². The number of rotatable bonds is 6. The van der Waals surface area contributed by atoms with Gasteiger partial charge in [-0.1, -0.05) is 12.2 Å². The summed E-state index contributed by atoms with van der Waals surface area (Å²) in [7, 11) is 0. The van der Waals surface area contributed by atoms with Crippen LogP contribution in [0.4, 0.5) is 0 Å². The molecule has 5 nitrogen and oxygen atoms in total. The average molecular weight is 227 g/mol. The van der Waals surface area contributed by atoms with Crippen LogP contribution < -0.4 is 10.5 Å². The van der Waals surface area contributed by atoms with Crippen LogP contribution in [-0.4, -0.2) is 34.8 Å². The molecule has 82 valence electrons. The fourth-order valence-electron chi connectivity index (χ4n) is 0.884. The highest BCUT2D eigenvalue weighted by atomic mass is 32.1. The standard InChI is InChI=1S/C9H13N3O2S/c1-2-13-5-6-14-9-11-4-3-7(12-9)8(10)15/h3-4H,2,5-6H2,1H3,(H2,10,15). The van der Waals surface area contributed by atoms with Crippen molar-refractivity contribution in [2.45, 2.75) is 6.92 Å². The highest BCUT2D eigenvalue weighted by Crippen LogP contribution is 2.02. The molecular weight excluding hydrogens is 214 g/mol. The molecule has 0 bridgehead atoms. The van der Waals surface area contributed by atoms with Gasteiger partial charge in [0.1, 0.15) is 17.3 Å². The van der Waals surface area contributed by atoms with Crippen LogP contribution in [0.2, 0.25) is 0 Å². The van der Waals surface area contributed by atoms with Crippen LogP contribution >= 0.6 is 12.2 Å². The van der Waals surface area contributed by atoms with Crippen molar-refractivity contribution in [3.8, 4) is 6.01 Å². The molecule has 6 heteroatoms. The predicted octanol–water partition coefficient (Wildman–Crippen LogP) is 0.526. The number of ether oxygens (including phenoxy) is 2. The van der Waals surface area contributed by atoms with Gasteiger partial charge < -0.3 is 15.2 Å². The number of hydrogen-bond donors (Lipinski definition) is 1. The lowest BCUT2D eigenvalue weighted by molar-refractivity contribution is 0.106. The predicted molar refractivity (Wildman–Crippen MR) is 59.9 cm³/mol. The molecule has 2 N–H and O–H groups in total. The molecule has 0 amide bonds. The first-order valence-corrected chi connectivity index (χ1v) is 4.98. The highest BCUT2D eigenvalue weighted by molar-refractivity contribution is 7.80. The van der Waals surface area contributed by atoms with Crippen molar-refractivity contribution in [2.75, 3.05) is 19.8 Å². The number of nitrogens with two attached hydrogens (primary N) is 1. The second kappa shape index (κ2) is 6.26. The molecule has 0 aliphatic rings. The second-order valence-corrected chi connectivity index (χ2v) is 3.07. The van der Waals surface area contributed by atoms with E-state index in [1.54, 1.807) is 12.3 Å². The Labute approximate surface area is 93.6 Å². The van der Waals surface area contributed by atoms with Crippen LogP contribution in [0.1, 0.15) is 12.6 Å². The van der Waals surface area contributed by atoms with Crippen molar-refractivity contribution < 1.29 is 9.47 Å². The minimum Gasteiger partial charge on any atom is -0.461 e. The summed E-state index contributed by atoms with van der Waals surface area (Å²) in [6.45, 7) is 3.51. The summed E-state index contributed by atoms with van der Waals surface area (Å²) in [6, 6.07) is 1.90. The zero-order chi connectivity index (χ0) is 11.1. The molecule has 0 aromatic carbocycles. The van der Waals surface area contributed by atoms with Gasteiger partial charge in [0.2, 0.25) is 0 Å². The number of aromatic nitrogens is 2. The zero-order valence-corrected chi connectivity index (χ0v) is 9.29. The maximum Gasteiger partial charge on any atom is 0.317 e. The smallest absolute Gasteiger partial charge is 0.317 e. The molecule has 1 rings (SSSR count). The monoisotopic (exact) mass is 227 g/mol. The largest absolute Gasteiger partial charge is 0.461 e. The molecule has 1 heterocycles. The SMILES string of the molecule is CCOCCOc1nccc(C(N)=S)n1. The second-order valence-electron chi connectivity index (χ2n) is 2.63. The first kappa shape index (κ1) is 11.8. The Kier molecular flexibility index (Phi) is 4.92. The van der Waals surface area contributed by atoms with Crippen molar-refractivity contribution in [1.82, 2.24) is 9.97 Å². The topological polar surface area (TPSA) is 70.3 Å². The summed E-state index contributed by atoms with van der Waals surface area (Å²) in [5.41, 5.74) is 5.93. The molecule has 0 spiro atoms. The Morgan fingerprint density at radius 2 is 2.33 bits per heavy atom. The Bertz CT molecular complexity index is 333. The zero-order valence-electron chi connectivity index (χ0n) is 8.47. The lowest BCUT2D eigenvalue weighted by atomic mass is 10.4. The van der Waals surface area contributed by atoms with Crippen LogP contribution in [0.15, 0.2) is 12.3 Å². The van der Waals surface area contributed by atoms with Gasteiger partial charge in [0, 0.05) is 12.8 Å². The Morgan fingerprint density at radius 1 is 1.53 bits per heavy atom. The fraction of sp³-hybridized carbons (Fsp3) is 0.444. The van der Waals surface area contributed by atoms with Crippen molar-refractivity contribution in [3.63, 3.8) is 0 Å². The van der Waals surface area contributed by atoms with E-state index in [9.17, 15) is 0 Å². The third-order valence-corrected chi connectivity index (χ3v) is 1.76. The maximum absolute atomic E-state index is 5.42. The summed E-state index contributed by atoms with van der Waals surface area (Å²) < 4.78 is 10.3. The van der Waals surface area contributed by atoms with Crippen molar-refractivity contribution in [3.05, 3.63) is 18.0 Å². The minimum atomic E-state index is 0.229. The minimum absolute atomic E-state index is 0.229. The molecule has 0 saturated carbocycles. The first-order chi connectivity index (χ1) is 7.24. The van der Waals surface area contributed by atoms with E-state index < -0.39 is 0 Å². The molecule has 1 aromatic rings. The molecule has 0 unspecified atom stereocenters. The lowest BCUT2D eigenvalue weighted by Crippen LogP contribution is -2.14. The number of hydrogen-bond acceptors (Lipinski definition) is 5. The van der Waals surface area contributed by atoms with E-state index in [-0.39, 0.29) is 11.0 Å². The Morgan fingerprint density at radius 3 is 3.00 bits per heavy atom. The van der Waals surface area contributed by atoms with Crippen LogP contribution in [-0.2, 0) is 4.74 Å². The van der Waals surface area contributed by atoms with Crippen molar-refractivity contribution >= 4 is 17.2 Å². The van der Waals surface area contributed by atoms with Crippen LogP contribution in [0.5, 0.6) is 6.01 Å². The molecule has 0 radical (unpaired) electrons. The number of thiocarbonyl (C=S) groups is 1. The van der Waals surface area contributed by atoms with Gasteiger partial charge in [-0.25, -0.2) is 4.98 Å². The molecule has 0 aliphatic heterocycles. The molecule has 0 saturated heterocycles. The van der Waals surface area contributed by atoms with E-state index in [2.05, 4.69) is 9.97 Å². The van der Waals surface area contributed by atoms with Gasteiger partial charge in [0.25, 0.3) is 0 Å². The van der Waals surface area contributed by atoms with Gasteiger partial charge in [-0.3, -0.25) is 0 Å². The van der Waals surface area contributed by atoms with E-state index in [1.165, 1.54) is 0 Å². The van der Waals surface area contributed by atoms with Crippen molar-refractivity contribution in [2.24, 2.45) is 5.73 Å². The third-order valence-electron chi connectivity index (χ3n) is 1.55. The first-order valence-electron chi connectivity index (χ1n) is 4.57. The summed E-state index contributed by atoms with van der Waals surface area (Å²) in [6.07, 6.45) is 1.55. The molecule has 0 aliphatic carbocycles. The molecule has 0 fully saturated rings. The van der Waals surface area contributed by atoms with Gasteiger partial charge >= 0.3 is 6.01 Å². The van der Waals surface area contributed by atoms with Crippen LogP contribution in [0.25, 0.3) is 0 Å². The molecule has 0 atom stereocenters. The van der Waals surface area contributed by atoms with E-state index >= 15 is 0 Å².